The molecule has 2 aromatic rings. The Kier molecular flexibility index (Phi) is 5.30. The van der Waals surface area contributed by atoms with Crippen LogP contribution in [-0.2, 0) is 0 Å². The van der Waals surface area contributed by atoms with Crippen LogP contribution in [-0.4, -0.2) is 38.7 Å². The number of halogens is 1. The highest BCUT2D eigenvalue weighted by atomic mass is 35.5. The van der Waals surface area contributed by atoms with Gasteiger partial charge in [-0.1, -0.05) is 28.9 Å². The number of nitrogens with one attached hydrogen (secondary N) is 1. The molecular weight excluding hydrogens is 292 g/mol. The molecule has 2 rings (SSSR count). The number of carbonyl (C=O) groups is 1. The van der Waals surface area contributed by atoms with E-state index in [9.17, 15) is 4.79 Å². The topological polar surface area (TPSA) is 80.0 Å². The van der Waals surface area contributed by atoms with Gasteiger partial charge in [-0.05, 0) is 31.9 Å². The molecule has 1 aromatic carbocycles. The molecule has 0 saturated heterocycles. The van der Waals surface area contributed by atoms with Gasteiger partial charge in [0.15, 0.2) is 5.69 Å². The summed E-state index contributed by atoms with van der Waals surface area (Å²) in [5, 5.41) is 19.9. The summed E-state index contributed by atoms with van der Waals surface area (Å²) in [5.74, 6) is -0.293. The maximum Gasteiger partial charge on any atom is 0.273 e. The van der Waals surface area contributed by atoms with Crippen molar-refractivity contribution >= 4 is 17.5 Å². The fraction of sp³-hybridized carbons (Fsp3) is 0.357. The first-order chi connectivity index (χ1) is 10.1. The lowest BCUT2D eigenvalue weighted by atomic mass is 10.2. The highest BCUT2D eigenvalue weighted by Crippen LogP contribution is 2.18. The Morgan fingerprint density at radius 2 is 2.24 bits per heavy atom. The average Bonchev–Trinajstić information content (AvgIpc) is 2.95. The lowest BCUT2D eigenvalue weighted by molar-refractivity contribution is 0.0931. The molecule has 1 atom stereocenters. The summed E-state index contributed by atoms with van der Waals surface area (Å²) in [4.78, 5) is 12.0. The predicted octanol–water partition coefficient (Wildman–Crippen LogP) is 1.81. The van der Waals surface area contributed by atoms with Crippen LogP contribution in [0.2, 0.25) is 5.02 Å². The molecule has 6 nitrogen and oxygen atoms in total. The summed E-state index contributed by atoms with van der Waals surface area (Å²) in [6.07, 6.45) is 2.89. The van der Waals surface area contributed by atoms with Crippen LogP contribution in [0.25, 0.3) is 5.69 Å². The number of carbonyl (C=O) groups excluding carboxylic acids is 1. The van der Waals surface area contributed by atoms with Crippen LogP contribution in [0.4, 0.5) is 0 Å². The van der Waals surface area contributed by atoms with Crippen LogP contribution in [0.1, 0.15) is 30.3 Å². The standard InChI is InChI=1S/C14H17ClN4O2/c1-10(5-4-8-20)16-14(21)12-9-19(18-17-12)13-7-3-2-6-11(13)15/h2-3,6-7,9-10,20H,4-5,8H2,1H3,(H,16,21). The molecular formula is C14H17ClN4O2. The number of para-hydroxylation sites is 1. The molecule has 0 aliphatic heterocycles. The fourth-order valence-electron chi connectivity index (χ4n) is 1.89. The van der Waals surface area contributed by atoms with Crippen LogP contribution >= 0.6 is 11.6 Å². The summed E-state index contributed by atoms with van der Waals surface area (Å²) in [7, 11) is 0. The van der Waals surface area contributed by atoms with Crippen LogP contribution in [0, 0.1) is 0 Å². The van der Waals surface area contributed by atoms with Crippen molar-refractivity contribution in [2.45, 2.75) is 25.8 Å². The lowest BCUT2D eigenvalue weighted by Crippen LogP contribution is -2.32. The van der Waals surface area contributed by atoms with Gasteiger partial charge in [0, 0.05) is 12.6 Å². The van der Waals surface area contributed by atoms with Crippen molar-refractivity contribution in [1.29, 1.82) is 0 Å². The van der Waals surface area contributed by atoms with Gasteiger partial charge in [0.05, 0.1) is 16.9 Å². The van der Waals surface area contributed by atoms with E-state index in [4.69, 9.17) is 16.7 Å². The molecule has 2 N–H and O–H groups in total. The molecule has 7 heteroatoms. The zero-order valence-electron chi connectivity index (χ0n) is 11.7. The summed E-state index contributed by atoms with van der Waals surface area (Å²) in [6, 6.07) is 7.16. The second-order valence-electron chi connectivity index (χ2n) is 4.74. The van der Waals surface area contributed by atoms with Gasteiger partial charge in [-0.25, -0.2) is 4.68 Å². The smallest absolute Gasteiger partial charge is 0.273 e. The van der Waals surface area contributed by atoms with Crippen LogP contribution in [0.3, 0.4) is 0 Å². The van der Waals surface area contributed by atoms with Crippen molar-refractivity contribution in [3.63, 3.8) is 0 Å². The molecule has 1 unspecified atom stereocenters. The lowest BCUT2D eigenvalue weighted by Gasteiger charge is -2.11. The molecule has 1 heterocycles. The third-order valence-electron chi connectivity index (χ3n) is 3.00. The summed E-state index contributed by atoms with van der Waals surface area (Å²) in [6.45, 7) is 1.99. The van der Waals surface area contributed by atoms with E-state index in [1.165, 1.54) is 10.9 Å². The van der Waals surface area contributed by atoms with E-state index in [0.717, 1.165) is 0 Å². The Morgan fingerprint density at radius 3 is 2.95 bits per heavy atom. The molecule has 0 bridgehead atoms. The Labute approximate surface area is 127 Å². The molecule has 0 fully saturated rings. The molecule has 0 aliphatic carbocycles. The second-order valence-corrected chi connectivity index (χ2v) is 5.15. The van der Waals surface area contributed by atoms with E-state index in [-0.39, 0.29) is 24.2 Å². The number of rotatable bonds is 6. The van der Waals surface area contributed by atoms with Gasteiger partial charge >= 0.3 is 0 Å². The van der Waals surface area contributed by atoms with Crippen molar-refractivity contribution in [2.75, 3.05) is 6.61 Å². The summed E-state index contributed by atoms with van der Waals surface area (Å²) < 4.78 is 1.47. The minimum Gasteiger partial charge on any atom is -0.396 e. The first kappa shape index (κ1) is 15.5. The van der Waals surface area contributed by atoms with Crippen molar-refractivity contribution in [3.05, 3.63) is 41.2 Å². The second kappa shape index (κ2) is 7.19. The largest absolute Gasteiger partial charge is 0.396 e. The van der Waals surface area contributed by atoms with Gasteiger partial charge in [0.1, 0.15) is 0 Å². The van der Waals surface area contributed by atoms with Gasteiger partial charge < -0.3 is 10.4 Å². The average molecular weight is 309 g/mol. The van der Waals surface area contributed by atoms with Crippen molar-refractivity contribution in [3.8, 4) is 5.69 Å². The number of aliphatic hydroxyl groups is 1. The molecule has 0 radical (unpaired) electrons. The highest BCUT2D eigenvalue weighted by molar-refractivity contribution is 6.32. The summed E-state index contributed by atoms with van der Waals surface area (Å²) in [5.41, 5.74) is 0.893. The van der Waals surface area contributed by atoms with E-state index < -0.39 is 0 Å². The molecule has 1 aromatic heterocycles. The van der Waals surface area contributed by atoms with Gasteiger partial charge in [-0.15, -0.1) is 5.10 Å². The van der Waals surface area contributed by atoms with Gasteiger partial charge in [-0.3, -0.25) is 4.79 Å². The van der Waals surface area contributed by atoms with Gasteiger partial charge in [0.25, 0.3) is 5.91 Å². The quantitative estimate of drug-likeness (QED) is 0.853. The number of aliphatic hydroxyl groups excluding tert-OH is 1. The molecule has 0 saturated carbocycles. The van der Waals surface area contributed by atoms with E-state index in [2.05, 4.69) is 15.6 Å². The minimum absolute atomic E-state index is 0.0323. The number of hydrogen-bond acceptors (Lipinski definition) is 4. The third-order valence-corrected chi connectivity index (χ3v) is 3.32. The molecule has 0 aliphatic rings. The van der Waals surface area contributed by atoms with Crippen molar-refractivity contribution in [2.24, 2.45) is 0 Å². The van der Waals surface area contributed by atoms with Crippen molar-refractivity contribution in [1.82, 2.24) is 20.3 Å². The highest BCUT2D eigenvalue weighted by Gasteiger charge is 2.14. The Balaban J connectivity index is 2.06. The van der Waals surface area contributed by atoms with Crippen molar-refractivity contribution < 1.29 is 9.90 Å². The Bertz CT molecular complexity index is 615. The minimum atomic E-state index is -0.293. The first-order valence-corrected chi connectivity index (χ1v) is 7.08. The monoisotopic (exact) mass is 308 g/mol. The van der Waals surface area contributed by atoms with E-state index in [1.54, 1.807) is 12.1 Å². The van der Waals surface area contributed by atoms with E-state index in [1.807, 2.05) is 19.1 Å². The predicted molar refractivity (Wildman–Crippen MR) is 79.6 cm³/mol. The normalized spacial score (nSPS) is 12.1. The molecule has 1 amide bonds. The summed E-state index contributed by atoms with van der Waals surface area (Å²) >= 11 is 6.08. The number of benzene rings is 1. The van der Waals surface area contributed by atoms with Crippen LogP contribution < -0.4 is 5.32 Å². The maximum atomic E-state index is 12.0. The van der Waals surface area contributed by atoms with Gasteiger partial charge in [0.2, 0.25) is 0 Å². The number of hydrogen-bond donors (Lipinski definition) is 2. The molecule has 0 spiro atoms. The zero-order chi connectivity index (χ0) is 15.2. The SMILES string of the molecule is CC(CCCO)NC(=O)c1cn(-c2ccccc2Cl)nn1. The fourth-order valence-corrected chi connectivity index (χ4v) is 2.11. The first-order valence-electron chi connectivity index (χ1n) is 6.71. The van der Waals surface area contributed by atoms with Crippen LogP contribution in [0.15, 0.2) is 30.5 Å². The number of amides is 1. The Hall–Kier alpha value is -1.92. The molecule has 21 heavy (non-hydrogen) atoms. The van der Waals surface area contributed by atoms with Gasteiger partial charge in [-0.2, -0.15) is 0 Å². The van der Waals surface area contributed by atoms with E-state index >= 15 is 0 Å². The van der Waals surface area contributed by atoms with E-state index in [0.29, 0.717) is 23.6 Å². The Morgan fingerprint density at radius 1 is 1.48 bits per heavy atom. The number of aromatic nitrogens is 3. The zero-order valence-corrected chi connectivity index (χ0v) is 12.4. The maximum absolute atomic E-state index is 12.0. The third kappa shape index (κ3) is 4.03. The van der Waals surface area contributed by atoms with Crippen LogP contribution in [0.5, 0.6) is 0 Å². The number of nitrogens with zero attached hydrogens (tertiary/aromatic N) is 3. The molecule has 112 valence electrons.